The molecule has 145 heavy (non-hydrogen) atoms. The molecule has 3 radical (unpaired) electrons. The van der Waals surface area contributed by atoms with Crippen molar-refractivity contribution in [3.63, 3.8) is 0 Å². The van der Waals surface area contributed by atoms with E-state index in [1.54, 1.807) is 18.6 Å². The van der Waals surface area contributed by atoms with E-state index in [4.69, 9.17) is 9.97 Å². The minimum absolute atomic E-state index is 0. The van der Waals surface area contributed by atoms with Crippen molar-refractivity contribution in [1.82, 2.24) is 43.1 Å². The average Bonchev–Trinajstić information content (AvgIpc) is 1.54. The summed E-state index contributed by atoms with van der Waals surface area (Å²) in [7, 11) is -1.52. The fraction of sp³-hybridized carbons (Fsp3) is 0.0909. The summed E-state index contributed by atoms with van der Waals surface area (Å²) >= 11 is 0. The van der Waals surface area contributed by atoms with E-state index >= 15 is 0 Å². The minimum atomic E-state index is -1.52. The van der Waals surface area contributed by atoms with Gasteiger partial charge in [-0.2, -0.15) is 0 Å². The Morgan fingerprint density at radius 1 is 0.255 bits per heavy atom. The maximum atomic E-state index is 5.08. The molecule has 0 saturated carbocycles. The number of fused-ring (bicyclic) bond motifs is 18. The van der Waals surface area contributed by atoms with Crippen LogP contribution in [0.15, 0.2) is 431 Å². The zero-order valence-corrected chi connectivity index (χ0v) is 89.8. The molecule has 27 rings (SSSR count). The first kappa shape index (κ1) is 98.5. The van der Waals surface area contributed by atoms with E-state index in [1.807, 2.05) is 152 Å². The van der Waals surface area contributed by atoms with Crippen molar-refractivity contribution >= 4 is 128 Å². The molecule has 0 bridgehead atoms. The van der Waals surface area contributed by atoms with E-state index in [0.717, 1.165) is 91.2 Å². The molecule has 0 atom stereocenters. The summed E-state index contributed by atoms with van der Waals surface area (Å²) in [4.78, 5) is 27.2. The summed E-state index contributed by atoms with van der Waals surface area (Å²) in [6, 6.07) is 158. The van der Waals surface area contributed by atoms with Crippen LogP contribution in [0.4, 0.5) is 0 Å². The van der Waals surface area contributed by atoms with Crippen LogP contribution < -0.4 is 5.19 Å². The first-order chi connectivity index (χ1) is 69.7. The number of aryl methyl sites for hydroxylation is 1. The monoisotopic (exact) mass is 2420 g/mol. The first-order valence-corrected chi connectivity index (χ1v) is 52.3. The SMILES string of the molecule is CC(C)Cc1cc(-c2[c-]c3c4cccc5c6ccccc6n(c3c(-c3ccccc3)c2)c45)ncc1[Si](C)(C)C.Cc1cnc(-c2[c-]c3c4cccc5c6ccccc6n(c3c(-c3ccccc3)c2)c45)cc1CC(C)C.[Ir].[Ir].[Ir].[c-]1c(-c2ccccn2)cc(-c2ccccc2)c2c1c1cccc3c4ccccc4n2c13.[c-]1ccccc1-c1ccccn1.[c-]1ccccc1-c1ccccn1.[c-]1ccccc1-c1ccccn1. The maximum Gasteiger partial charge on any atom is 0.0799 e. The second-order valence-corrected chi connectivity index (χ2v) is 43.1. The third kappa shape index (κ3) is 19.7. The van der Waals surface area contributed by atoms with Gasteiger partial charge < -0.3 is 28.2 Å². The molecule has 711 valence electrons. The van der Waals surface area contributed by atoms with Crippen LogP contribution >= 0.6 is 0 Å². The van der Waals surface area contributed by atoms with Gasteiger partial charge >= 0.3 is 0 Å². The van der Waals surface area contributed by atoms with Crippen molar-refractivity contribution in [1.29, 1.82) is 0 Å². The number of benzene rings is 15. The fourth-order valence-electron chi connectivity index (χ4n) is 20.3. The van der Waals surface area contributed by atoms with E-state index in [1.165, 1.54) is 159 Å². The fourth-order valence-corrected chi connectivity index (χ4v) is 21.9. The molecule has 27 aromatic rings. The summed E-state index contributed by atoms with van der Waals surface area (Å²) < 4.78 is 7.34. The standard InChI is InChI=1S/C36H33N2Si.C34H27N2.C29H17N2.3C11H8N.3Ir/c1-23(2)18-26-21-32(37-22-34(26)39(3,4)5)25-19-30(24-12-7-6-8-13-24)36-31(20-25)29-16-11-15-28-27-14-9-10-17-33(27)38(36)35(28)29;1-21(2)16-24-19-31(35-20-22(24)3)25-17-29(23-10-5-4-6-11-23)34-30(18-25)28-14-9-13-27-26-12-7-8-15-32(26)36(34)33(27)28;1-2-9-19(10-3-1)24-17-20(26-14-6-7-16-30-26)18-25-23-13-8-12-22-21-11-4-5-15-27(21)31(28(22)23)29(24)25;3*1-2-6-10(7-3-1)11-8-4-5-9-12-11;;;/h6-17,19,21-23H,18H2,1-5H3;4-15,17,19-21H,16H2,1-3H3;1-17H;3*1-6,8-9H;;;/q6*-1;;;. The van der Waals surface area contributed by atoms with Crippen LogP contribution in [-0.4, -0.2) is 51.2 Å². The van der Waals surface area contributed by atoms with E-state index in [9.17, 15) is 0 Å². The van der Waals surface area contributed by atoms with Gasteiger partial charge in [0.2, 0.25) is 0 Å². The van der Waals surface area contributed by atoms with Crippen LogP contribution in [0.3, 0.4) is 0 Å². The van der Waals surface area contributed by atoms with Crippen molar-refractivity contribution in [2.24, 2.45) is 11.8 Å². The second-order valence-electron chi connectivity index (χ2n) is 38.1. The number of aromatic nitrogens is 9. The molecular weight excluding hydrogens is 2320 g/mol. The van der Waals surface area contributed by atoms with Gasteiger partial charge in [-0.3, -0.25) is 15.0 Å². The van der Waals surface area contributed by atoms with Crippen LogP contribution in [0.2, 0.25) is 19.6 Å². The Kier molecular flexibility index (Phi) is 29.6. The third-order valence-electron chi connectivity index (χ3n) is 26.6. The molecule has 0 spiro atoms. The van der Waals surface area contributed by atoms with Gasteiger partial charge in [0.15, 0.2) is 0 Å². The van der Waals surface area contributed by atoms with Gasteiger partial charge in [0.05, 0.1) is 8.07 Å². The molecule has 12 aromatic heterocycles. The van der Waals surface area contributed by atoms with Gasteiger partial charge in [-0.15, -0.1) is 144 Å². The molecule has 13 heteroatoms. The summed E-state index contributed by atoms with van der Waals surface area (Å²) in [5.74, 6) is 1.19. The molecule has 0 aliphatic heterocycles. The molecule has 0 N–H and O–H groups in total. The van der Waals surface area contributed by atoms with Crippen LogP contribution in [0.1, 0.15) is 44.4 Å². The summed E-state index contributed by atoms with van der Waals surface area (Å²) in [6.45, 7) is 18.6. The predicted molar refractivity (Wildman–Crippen MR) is 596 cm³/mol. The van der Waals surface area contributed by atoms with E-state index < -0.39 is 8.07 Å². The van der Waals surface area contributed by atoms with Gasteiger partial charge in [0, 0.05) is 180 Å². The summed E-state index contributed by atoms with van der Waals surface area (Å²) in [5, 5.41) is 16.4. The molecule has 0 fully saturated rings. The van der Waals surface area contributed by atoms with Gasteiger partial charge in [-0.1, -0.05) is 379 Å². The zero-order chi connectivity index (χ0) is 96.3. The predicted octanol–water partition coefficient (Wildman–Crippen LogP) is 33.0. The molecule has 0 unspecified atom stereocenters. The van der Waals surface area contributed by atoms with Crippen LogP contribution in [0.5, 0.6) is 0 Å². The van der Waals surface area contributed by atoms with Gasteiger partial charge in [-0.25, -0.2) is 0 Å². The normalized spacial score (nSPS) is 11.3. The molecular formula is C132H101Ir3N9Si-6. The van der Waals surface area contributed by atoms with Crippen LogP contribution in [0.25, 0.3) is 215 Å². The van der Waals surface area contributed by atoms with Gasteiger partial charge in [-0.05, 0) is 141 Å². The molecule has 15 aromatic carbocycles. The molecule has 12 heterocycles. The number of para-hydroxylation sites is 6. The number of rotatable bonds is 14. The van der Waals surface area contributed by atoms with Crippen molar-refractivity contribution < 1.29 is 60.3 Å². The molecule has 0 saturated heterocycles. The quantitative estimate of drug-likeness (QED) is 0.0796. The van der Waals surface area contributed by atoms with Crippen LogP contribution in [0, 0.1) is 55.2 Å². The largest absolute Gasteiger partial charge is 0.348 e. The molecule has 0 aliphatic carbocycles. The second kappa shape index (κ2) is 43.5. The van der Waals surface area contributed by atoms with E-state index in [-0.39, 0.29) is 60.3 Å². The van der Waals surface area contributed by atoms with Crippen molar-refractivity contribution in [3.05, 3.63) is 485 Å². The third-order valence-corrected chi connectivity index (χ3v) is 28.7. The molecule has 9 nitrogen and oxygen atoms in total. The number of pyridine rings is 6. The maximum absolute atomic E-state index is 5.08. The Morgan fingerprint density at radius 2 is 0.538 bits per heavy atom. The van der Waals surface area contributed by atoms with Crippen LogP contribution in [-0.2, 0) is 73.2 Å². The van der Waals surface area contributed by atoms with Crippen molar-refractivity contribution in [3.8, 4) is 101 Å². The Morgan fingerprint density at radius 3 is 0.855 bits per heavy atom. The van der Waals surface area contributed by atoms with Gasteiger partial charge in [0.25, 0.3) is 0 Å². The number of nitrogens with zero attached hydrogens (tertiary/aromatic N) is 9. The Balaban J connectivity index is 0.000000116. The zero-order valence-electron chi connectivity index (χ0n) is 81.6. The number of hydrogen-bond donors (Lipinski definition) is 0. The summed E-state index contributed by atoms with van der Waals surface area (Å²) in [5.41, 5.74) is 34.6. The molecule has 0 amide bonds. The molecule has 0 aliphatic rings. The Labute approximate surface area is 887 Å². The average molecular weight is 2420 g/mol. The first-order valence-electron chi connectivity index (χ1n) is 48.8. The smallest absolute Gasteiger partial charge is 0.0799 e. The summed E-state index contributed by atoms with van der Waals surface area (Å²) in [6.07, 6.45) is 13.5. The Bertz CT molecular complexity index is 8820. The van der Waals surface area contributed by atoms with Crippen molar-refractivity contribution in [2.45, 2.75) is 67.1 Å². The van der Waals surface area contributed by atoms with Gasteiger partial charge in [0.1, 0.15) is 0 Å². The van der Waals surface area contributed by atoms with E-state index in [0.29, 0.717) is 11.8 Å². The number of hydrogen-bond acceptors (Lipinski definition) is 6. The topological polar surface area (TPSA) is 90.6 Å². The van der Waals surface area contributed by atoms with Crippen molar-refractivity contribution in [2.75, 3.05) is 0 Å². The Hall–Kier alpha value is -15.2. The minimum Gasteiger partial charge on any atom is -0.348 e. The van der Waals surface area contributed by atoms with E-state index in [2.05, 4.69) is 385 Å².